The molecule has 0 amide bonds. The zero-order chi connectivity index (χ0) is 18.2. The molecule has 6 heteroatoms. The molecule has 0 radical (unpaired) electrons. The zero-order valence-corrected chi connectivity index (χ0v) is 15.4. The van der Waals surface area contributed by atoms with Crippen molar-refractivity contribution >= 4 is 0 Å². The lowest BCUT2D eigenvalue weighted by Crippen LogP contribution is -2.26. The number of hydrogen-bond acceptors (Lipinski definition) is 5. The summed E-state index contributed by atoms with van der Waals surface area (Å²) in [6, 6.07) is 3.10. The molecule has 1 aliphatic heterocycles. The van der Waals surface area contributed by atoms with Gasteiger partial charge in [0.1, 0.15) is 12.4 Å². The minimum atomic E-state index is -0.0578. The van der Waals surface area contributed by atoms with Crippen molar-refractivity contribution in [2.75, 3.05) is 13.2 Å². The third-order valence-corrected chi connectivity index (χ3v) is 4.49. The molecule has 1 N–H and O–H groups in total. The molecule has 0 spiro atoms. The number of pyridine rings is 1. The average Bonchev–Trinajstić information content (AvgIpc) is 2.67. The van der Waals surface area contributed by atoms with Gasteiger partial charge in [0.2, 0.25) is 0 Å². The molecule has 0 bridgehead atoms. The first-order valence-electron chi connectivity index (χ1n) is 9.50. The van der Waals surface area contributed by atoms with E-state index < -0.39 is 0 Å². The van der Waals surface area contributed by atoms with Crippen molar-refractivity contribution in [3.8, 4) is 5.88 Å². The van der Waals surface area contributed by atoms with E-state index in [0.29, 0.717) is 25.3 Å². The fourth-order valence-corrected chi connectivity index (χ4v) is 3.08. The van der Waals surface area contributed by atoms with Crippen molar-refractivity contribution in [3.63, 3.8) is 0 Å². The van der Waals surface area contributed by atoms with Crippen LogP contribution in [0.3, 0.4) is 0 Å². The highest BCUT2D eigenvalue weighted by molar-refractivity contribution is 5.17. The lowest BCUT2D eigenvalue weighted by Gasteiger charge is -2.22. The first-order chi connectivity index (χ1) is 12.7. The maximum atomic E-state index is 11.9. The molecule has 140 valence electrons. The van der Waals surface area contributed by atoms with E-state index in [1.807, 2.05) is 12.4 Å². The number of aromatic nitrogens is 3. The van der Waals surface area contributed by atoms with Gasteiger partial charge in [-0.25, -0.2) is 9.97 Å². The second-order valence-corrected chi connectivity index (χ2v) is 6.76. The van der Waals surface area contributed by atoms with Crippen molar-refractivity contribution < 1.29 is 9.47 Å². The highest BCUT2D eigenvalue weighted by Crippen LogP contribution is 2.14. The number of hydrogen-bond donors (Lipinski definition) is 1. The molecule has 2 aromatic rings. The SMILES string of the molecule is CCCc1cnc(CCc2cc(=O)cc(OCC3CCCCO3)[nH]2)nc1. The molecular weight excluding hydrogens is 330 g/mol. The molecule has 2 aromatic heterocycles. The number of nitrogens with zero attached hydrogens (tertiary/aromatic N) is 2. The third kappa shape index (κ3) is 5.66. The van der Waals surface area contributed by atoms with Crippen LogP contribution in [0.4, 0.5) is 0 Å². The molecule has 3 heterocycles. The summed E-state index contributed by atoms with van der Waals surface area (Å²) >= 11 is 0. The second-order valence-electron chi connectivity index (χ2n) is 6.76. The lowest BCUT2D eigenvalue weighted by atomic mass is 10.1. The van der Waals surface area contributed by atoms with E-state index in [-0.39, 0.29) is 11.5 Å². The summed E-state index contributed by atoms with van der Waals surface area (Å²) in [6.45, 7) is 3.41. The molecule has 1 fully saturated rings. The highest BCUT2D eigenvalue weighted by atomic mass is 16.5. The first-order valence-corrected chi connectivity index (χ1v) is 9.50. The van der Waals surface area contributed by atoms with Gasteiger partial charge in [0, 0.05) is 43.2 Å². The number of aromatic amines is 1. The van der Waals surface area contributed by atoms with Crippen LogP contribution >= 0.6 is 0 Å². The van der Waals surface area contributed by atoms with Gasteiger partial charge < -0.3 is 14.5 Å². The summed E-state index contributed by atoms with van der Waals surface area (Å²) in [5.41, 5.74) is 1.93. The summed E-state index contributed by atoms with van der Waals surface area (Å²) in [5, 5.41) is 0. The largest absolute Gasteiger partial charge is 0.476 e. The van der Waals surface area contributed by atoms with Crippen molar-refractivity contribution in [2.24, 2.45) is 0 Å². The minimum Gasteiger partial charge on any atom is -0.476 e. The van der Waals surface area contributed by atoms with Crippen LogP contribution in [0.1, 0.15) is 49.7 Å². The van der Waals surface area contributed by atoms with Crippen LogP contribution in [-0.4, -0.2) is 34.3 Å². The molecule has 6 nitrogen and oxygen atoms in total. The Kier molecular flexibility index (Phi) is 6.77. The zero-order valence-electron chi connectivity index (χ0n) is 15.4. The molecule has 1 saturated heterocycles. The molecular formula is C20H27N3O3. The van der Waals surface area contributed by atoms with Crippen LogP contribution in [0.2, 0.25) is 0 Å². The van der Waals surface area contributed by atoms with Crippen LogP contribution < -0.4 is 10.2 Å². The van der Waals surface area contributed by atoms with Crippen LogP contribution in [0, 0.1) is 0 Å². The molecule has 0 saturated carbocycles. The number of aryl methyl sites for hydroxylation is 3. The molecule has 3 rings (SSSR count). The molecule has 1 atom stereocenters. The van der Waals surface area contributed by atoms with Crippen LogP contribution in [-0.2, 0) is 24.0 Å². The molecule has 0 aliphatic carbocycles. The van der Waals surface area contributed by atoms with E-state index in [1.54, 1.807) is 6.07 Å². The number of rotatable bonds is 8. The summed E-state index contributed by atoms with van der Waals surface area (Å²) < 4.78 is 11.4. The molecule has 1 unspecified atom stereocenters. The van der Waals surface area contributed by atoms with E-state index in [2.05, 4.69) is 21.9 Å². The fraction of sp³-hybridized carbons (Fsp3) is 0.550. The van der Waals surface area contributed by atoms with E-state index in [1.165, 1.54) is 12.5 Å². The molecule has 1 aliphatic rings. The number of nitrogens with one attached hydrogen (secondary N) is 1. The number of H-pyrrole nitrogens is 1. The van der Waals surface area contributed by atoms with Gasteiger partial charge in [-0.3, -0.25) is 4.79 Å². The Bertz CT molecular complexity index is 737. The predicted octanol–water partition coefficient (Wildman–Crippen LogP) is 2.85. The number of ether oxygens (including phenoxy) is 2. The smallest absolute Gasteiger partial charge is 0.194 e. The quantitative estimate of drug-likeness (QED) is 0.786. The van der Waals surface area contributed by atoms with Crippen LogP contribution in [0.25, 0.3) is 0 Å². The van der Waals surface area contributed by atoms with Gasteiger partial charge in [0.15, 0.2) is 11.3 Å². The lowest BCUT2D eigenvalue weighted by molar-refractivity contribution is -0.0120. The Balaban J connectivity index is 1.55. The van der Waals surface area contributed by atoms with Gasteiger partial charge in [0.05, 0.1) is 6.10 Å². The average molecular weight is 357 g/mol. The summed E-state index contributed by atoms with van der Waals surface area (Å²) in [7, 11) is 0. The Labute approximate surface area is 154 Å². The second kappa shape index (κ2) is 9.48. The topological polar surface area (TPSA) is 77.1 Å². The maximum Gasteiger partial charge on any atom is 0.194 e. The first kappa shape index (κ1) is 18.6. The highest BCUT2D eigenvalue weighted by Gasteiger charge is 2.14. The standard InChI is InChI=1S/C20H27N3O3/c1-2-5-15-12-21-19(22-13-15)8-7-16-10-17(24)11-20(23-16)26-14-18-6-3-4-9-25-18/h10-13,18H,2-9,14H2,1H3,(H,23,24). The predicted molar refractivity (Wildman–Crippen MR) is 99.6 cm³/mol. The van der Waals surface area contributed by atoms with Crippen molar-refractivity contribution in [3.05, 3.63) is 51.8 Å². The van der Waals surface area contributed by atoms with Gasteiger partial charge in [0.25, 0.3) is 0 Å². The van der Waals surface area contributed by atoms with Gasteiger partial charge in [-0.1, -0.05) is 13.3 Å². The molecule has 0 aromatic carbocycles. The Morgan fingerprint density at radius 1 is 1.19 bits per heavy atom. The Hall–Kier alpha value is -2.21. The van der Waals surface area contributed by atoms with Crippen molar-refractivity contribution in [1.82, 2.24) is 15.0 Å². The summed E-state index contributed by atoms with van der Waals surface area (Å²) in [5.74, 6) is 1.29. The normalized spacial score (nSPS) is 17.2. The minimum absolute atomic E-state index is 0.0578. The van der Waals surface area contributed by atoms with Gasteiger partial charge in [-0.15, -0.1) is 0 Å². The van der Waals surface area contributed by atoms with E-state index in [9.17, 15) is 4.79 Å². The van der Waals surface area contributed by atoms with Crippen LogP contribution in [0.15, 0.2) is 29.3 Å². The van der Waals surface area contributed by atoms with E-state index >= 15 is 0 Å². The Morgan fingerprint density at radius 2 is 2.04 bits per heavy atom. The summed E-state index contributed by atoms with van der Waals surface area (Å²) in [4.78, 5) is 23.9. The van der Waals surface area contributed by atoms with Gasteiger partial charge in [-0.05, 0) is 37.7 Å². The van der Waals surface area contributed by atoms with E-state index in [0.717, 1.165) is 49.4 Å². The molecule has 26 heavy (non-hydrogen) atoms. The summed E-state index contributed by atoms with van der Waals surface area (Å²) in [6.07, 6.45) is 10.6. The monoisotopic (exact) mass is 357 g/mol. The van der Waals surface area contributed by atoms with Gasteiger partial charge >= 0.3 is 0 Å². The van der Waals surface area contributed by atoms with Crippen molar-refractivity contribution in [2.45, 2.75) is 58.0 Å². The fourth-order valence-electron chi connectivity index (χ4n) is 3.08. The third-order valence-electron chi connectivity index (χ3n) is 4.49. The van der Waals surface area contributed by atoms with E-state index in [4.69, 9.17) is 9.47 Å². The maximum absolute atomic E-state index is 11.9. The van der Waals surface area contributed by atoms with Crippen molar-refractivity contribution in [1.29, 1.82) is 0 Å². The van der Waals surface area contributed by atoms with Crippen LogP contribution in [0.5, 0.6) is 5.88 Å². The Morgan fingerprint density at radius 3 is 2.77 bits per heavy atom. The van der Waals surface area contributed by atoms with Gasteiger partial charge in [-0.2, -0.15) is 0 Å².